The number of benzene rings is 2. The molecular formula is C24H27NO4. The largest absolute Gasteiger partial charge is 0.486 e. The normalized spacial score (nSPS) is 15.9. The van der Waals surface area contributed by atoms with Crippen molar-refractivity contribution in [1.29, 1.82) is 0 Å². The molecular weight excluding hydrogens is 366 g/mol. The number of ketones is 1. The summed E-state index contributed by atoms with van der Waals surface area (Å²) in [6.07, 6.45) is 4.96. The van der Waals surface area contributed by atoms with Gasteiger partial charge in [0.2, 0.25) is 5.91 Å². The summed E-state index contributed by atoms with van der Waals surface area (Å²) in [5.41, 5.74) is 4.32. The number of nitrogens with one attached hydrogen (secondary N) is 1. The van der Waals surface area contributed by atoms with Gasteiger partial charge >= 0.3 is 0 Å². The van der Waals surface area contributed by atoms with E-state index in [1.54, 1.807) is 0 Å². The number of hydrogen-bond donors (Lipinski definition) is 1. The van der Waals surface area contributed by atoms with E-state index in [2.05, 4.69) is 11.4 Å². The predicted molar refractivity (Wildman–Crippen MR) is 111 cm³/mol. The van der Waals surface area contributed by atoms with Crippen LogP contribution in [0.2, 0.25) is 0 Å². The zero-order chi connectivity index (χ0) is 20.2. The van der Waals surface area contributed by atoms with Gasteiger partial charge in [0.1, 0.15) is 13.2 Å². The van der Waals surface area contributed by atoms with Crippen molar-refractivity contribution in [1.82, 2.24) is 5.32 Å². The van der Waals surface area contributed by atoms with Crippen LogP contribution in [0.15, 0.2) is 36.4 Å². The van der Waals surface area contributed by atoms with Gasteiger partial charge in [-0.2, -0.15) is 0 Å². The Balaban J connectivity index is 1.31. The van der Waals surface area contributed by atoms with E-state index in [0.29, 0.717) is 19.0 Å². The first-order valence-corrected chi connectivity index (χ1v) is 10.4. The van der Waals surface area contributed by atoms with Crippen LogP contribution in [0.1, 0.15) is 65.7 Å². The lowest BCUT2D eigenvalue weighted by molar-refractivity contribution is -0.121. The minimum atomic E-state index is -0.169. The van der Waals surface area contributed by atoms with E-state index in [1.807, 2.05) is 37.3 Å². The number of Topliss-reactive ketones (excluding diaryl/α,β-unsaturated/α-hetero) is 1. The first-order chi connectivity index (χ1) is 14.1. The van der Waals surface area contributed by atoms with Gasteiger partial charge in [0.05, 0.1) is 6.04 Å². The van der Waals surface area contributed by atoms with Gasteiger partial charge in [0.25, 0.3) is 0 Å². The van der Waals surface area contributed by atoms with Gasteiger partial charge in [-0.1, -0.05) is 18.2 Å². The van der Waals surface area contributed by atoms with E-state index in [9.17, 15) is 9.59 Å². The highest BCUT2D eigenvalue weighted by Crippen LogP contribution is 2.32. The molecule has 2 aromatic rings. The van der Waals surface area contributed by atoms with Gasteiger partial charge in [-0.15, -0.1) is 0 Å². The Kier molecular flexibility index (Phi) is 5.84. The molecule has 1 unspecified atom stereocenters. The maximum Gasteiger partial charge on any atom is 0.220 e. The van der Waals surface area contributed by atoms with Crippen LogP contribution in [0.5, 0.6) is 11.5 Å². The molecule has 0 fully saturated rings. The maximum absolute atomic E-state index is 12.5. The highest BCUT2D eigenvalue weighted by Gasteiger charge is 2.17. The van der Waals surface area contributed by atoms with Crippen molar-refractivity contribution in [2.45, 2.75) is 51.5 Å². The summed E-state index contributed by atoms with van der Waals surface area (Å²) in [4.78, 5) is 24.9. The molecule has 29 heavy (non-hydrogen) atoms. The van der Waals surface area contributed by atoms with Crippen molar-refractivity contribution in [3.05, 3.63) is 58.7 Å². The first kappa shape index (κ1) is 19.5. The van der Waals surface area contributed by atoms with Crippen LogP contribution in [0.3, 0.4) is 0 Å². The summed E-state index contributed by atoms with van der Waals surface area (Å²) >= 11 is 0. The summed E-state index contributed by atoms with van der Waals surface area (Å²) in [5, 5.41) is 2.97. The maximum atomic E-state index is 12.5. The van der Waals surface area contributed by atoms with Crippen LogP contribution in [0, 0.1) is 0 Å². The number of rotatable bonds is 6. The monoisotopic (exact) mass is 393 g/mol. The van der Waals surface area contributed by atoms with Gasteiger partial charge in [-0.3, -0.25) is 9.59 Å². The van der Waals surface area contributed by atoms with Gasteiger partial charge in [-0.25, -0.2) is 0 Å². The molecule has 2 aliphatic rings. The fourth-order valence-corrected chi connectivity index (χ4v) is 4.00. The van der Waals surface area contributed by atoms with E-state index in [-0.39, 0.29) is 30.6 Å². The Morgan fingerprint density at radius 1 is 0.931 bits per heavy atom. The van der Waals surface area contributed by atoms with E-state index < -0.39 is 0 Å². The molecule has 2 aromatic carbocycles. The SMILES string of the molecule is CC(NC(=O)CCC(=O)c1ccc2c(c1)CCCC2)c1ccc2c(c1)OCCO2. The number of carbonyl (C=O) groups is 2. The molecule has 0 saturated heterocycles. The number of fused-ring (bicyclic) bond motifs is 2. The zero-order valence-electron chi connectivity index (χ0n) is 16.8. The molecule has 1 aliphatic carbocycles. The Labute approximate surface area is 171 Å². The van der Waals surface area contributed by atoms with Crippen molar-refractivity contribution in [2.24, 2.45) is 0 Å². The molecule has 5 heteroatoms. The third-order valence-electron chi connectivity index (χ3n) is 5.69. The third-order valence-corrected chi connectivity index (χ3v) is 5.69. The minimum Gasteiger partial charge on any atom is -0.486 e. The van der Waals surface area contributed by atoms with Crippen LogP contribution < -0.4 is 14.8 Å². The van der Waals surface area contributed by atoms with Crippen LogP contribution in [0.25, 0.3) is 0 Å². The molecule has 0 radical (unpaired) electrons. The van der Waals surface area contributed by atoms with Crippen molar-refractivity contribution in [2.75, 3.05) is 13.2 Å². The Morgan fingerprint density at radius 3 is 2.52 bits per heavy atom. The molecule has 1 N–H and O–H groups in total. The predicted octanol–water partition coefficient (Wildman–Crippen LogP) is 4.18. The summed E-state index contributed by atoms with van der Waals surface area (Å²) in [5.74, 6) is 1.34. The van der Waals surface area contributed by atoms with Crippen molar-refractivity contribution < 1.29 is 19.1 Å². The molecule has 5 nitrogen and oxygen atoms in total. The molecule has 0 spiro atoms. The summed E-state index contributed by atoms with van der Waals surface area (Å²) in [6, 6.07) is 11.5. The number of ether oxygens (including phenoxy) is 2. The van der Waals surface area contributed by atoms with Crippen molar-refractivity contribution in [3.63, 3.8) is 0 Å². The van der Waals surface area contributed by atoms with Gasteiger partial charge in [0, 0.05) is 18.4 Å². The lowest BCUT2D eigenvalue weighted by Crippen LogP contribution is -2.27. The number of carbonyl (C=O) groups excluding carboxylic acids is 2. The van der Waals surface area contributed by atoms with Crippen molar-refractivity contribution in [3.8, 4) is 11.5 Å². The van der Waals surface area contributed by atoms with Gasteiger partial charge < -0.3 is 14.8 Å². The molecule has 1 amide bonds. The van der Waals surface area contributed by atoms with Crippen LogP contribution in [0.4, 0.5) is 0 Å². The molecule has 0 saturated carbocycles. The summed E-state index contributed by atoms with van der Waals surface area (Å²) in [6.45, 7) is 3.01. The van der Waals surface area contributed by atoms with E-state index >= 15 is 0 Å². The topological polar surface area (TPSA) is 64.6 Å². The average Bonchev–Trinajstić information content (AvgIpc) is 2.76. The first-order valence-electron chi connectivity index (χ1n) is 10.4. The number of amides is 1. The Bertz CT molecular complexity index is 921. The molecule has 0 bridgehead atoms. The summed E-state index contributed by atoms with van der Waals surface area (Å²) in [7, 11) is 0. The second kappa shape index (κ2) is 8.68. The van der Waals surface area contributed by atoms with Gasteiger partial charge in [-0.05, 0) is 67.5 Å². The second-order valence-electron chi connectivity index (χ2n) is 7.81. The lowest BCUT2D eigenvalue weighted by atomic mass is 9.89. The van der Waals surface area contributed by atoms with E-state index in [1.165, 1.54) is 24.0 Å². The molecule has 1 aliphatic heterocycles. The molecule has 152 valence electrons. The molecule has 1 heterocycles. The average molecular weight is 393 g/mol. The Morgan fingerprint density at radius 2 is 1.69 bits per heavy atom. The van der Waals surface area contributed by atoms with Crippen molar-refractivity contribution >= 4 is 11.7 Å². The van der Waals surface area contributed by atoms with Gasteiger partial charge in [0.15, 0.2) is 17.3 Å². The second-order valence-corrected chi connectivity index (χ2v) is 7.81. The fourth-order valence-electron chi connectivity index (χ4n) is 4.00. The van der Waals surface area contributed by atoms with E-state index in [4.69, 9.17) is 9.47 Å². The summed E-state index contributed by atoms with van der Waals surface area (Å²) < 4.78 is 11.1. The quantitative estimate of drug-likeness (QED) is 0.748. The number of aryl methyl sites for hydroxylation is 2. The Hall–Kier alpha value is -2.82. The smallest absolute Gasteiger partial charge is 0.220 e. The lowest BCUT2D eigenvalue weighted by Gasteiger charge is -2.21. The molecule has 1 atom stereocenters. The molecule has 4 rings (SSSR count). The number of hydrogen-bond acceptors (Lipinski definition) is 4. The fraction of sp³-hybridized carbons (Fsp3) is 0.417. The highest BCUT2D eigenvalue weighted by molar-refractivity contribution is 5.98. The third kappa shape index (κ3) is 4.61. The highest BCUT2D eigenvalue weighted by atomic mass is 16.6. The zero-order valence-corrected chi connectivity index (χ0v) is 16.8. The van der Waals surface area contributed by atoms with E-state index in [0.717, 1.165) is 29.7 Å². The standard InChI is InChI=1S/C24H27NO4/c1-16(18-8-10-22-23(15-18)29-13-12-28-22)25-24(27)11-9-21(26)20-7-6-17-4-2-3-5-19(17)14-20/h6-8,10,14-16H,2-5,9,11-13H2,1H3,(H,25,27). The minimum absolute atomic E-state index is 0.0282. The van der Waals surface area contributed by atoms with Crippen LogP contribution in [-0.2, 0) is 17.6 Å². The van der Waals surface area contributed by atoms with Crippen LogP contribution in [-0.4, -0.2) is 24.9 Å². The molecule has 0 aromatic heterocycles. The van der Waals surface area contributed by atoms with Crippen LogP contribution >= 0.6 is 0 Å².